The van der Waals surface area contributed by atoms with Gasteiger partial charge in [0.2, 0.25) is 5.78 Å². The molecule has 2 aromatic carbocycles. The molecule has 32 heavy (non-hydrogen) atoms. The van der Waals surface area contributed by atoms with E-state index in [4.69, 9.17) is 14.2 Å². The minimum atomic E-state index is -1.71. The van der Waals surface area contributed by atoms with E-state index >= 15 is 0 Å². The van der Waals surface area contributed by atoms with Crippen LogP contribution in [0, 0.1) is 0 Å². The molecule has 0 aromatic heterocycles. The molecule has 0 amide bonds. The number of ketones is 1. The molecule has 172 valence electrons. The number of aliphatic hydroxyl groups excluding tert-OH is 3. The molecule has 11 nitrogen and oxygen atoms in total. The topological polar surface area (TPSA) is 186 Å². The lowest BCUT2D eigenvalue weighted by molar-refractivity contribution is -0.304. The van der Waals surface area contributed by atoms with Gasteiger partial charge < -0.3 is 50.0 Å². The van der Waals surface area contributed by atoms with Crippen molar-refractivity contribution in [2.45, 2.75) is 49.8 Å². The molecule has 1 fully saturated rings. The zero-order valence-electron chi connectivity index (χ0n) is 16.7. The first-order valence-corrected chi connectivity index (χ1v) is 9.72. The molecular weight excluding hydrogens is 428 g/mol. The second-order valence-corrected chi connectivity index (χ2v) is 7.73. The Kier molecular flexibility index (Phi) is 5.61. The molecule has 0 unspecified atom stereocenters. The summed E-state index contributed by atoms with van der Waals surface area (Å²) in [4.78, 5) is 13.3. The van der Waals surface area contributed by atoms with Gasteiger partial charge in [0.1, 0.15) is 41.1 Å². The Labute approximate surface area is 181 Å². The number of Topliss-reactive ketones (excluding diaryl/α,β-unsaturated/α-hetero) is 1. The standard InChI is InChI=1S/C21H22O11/c1-7-15(26)17(28)18(29)21(30-7)32-20-16(27)14-12(25)5-9(22)6-13(14)31-19(20)8-2-3-10(23)11(24)4-8/h2-7,15,17-26,28-29H,1H3/t7-,15-,17+,18+,19+,20+,21-/m1/s1. The van der Waals surface area contributed by atoms with Gasteiger partial charge in [-0.2, -0.15) is 0 Å². The number of benzene rings is 2. The molecule has 0 radical (unpaired) electrons. The van der Waals surface area contributed by atoms with E-state index in [1.165, 1.54) is 19.1 Å². The largest absolute Gasteiger partial charge is 0.508 e. The molecule has 7 atom stereocenters. The third-order valence-corrected chi connectivity index (χ3v) is 5.52. The molecule has 7 N–H and O–H groups in total. The maximum atomic E-state index is 13.3. The van der Waals surface area contributed by atoms with Crippen LogP contribution in [0.4, 0.5) is 0 Å². The van der Waals surface area contributed by atoms with Gasteiger partial charge in [0, 0.05) is 12.1 Å². The number of aromatic hydroxyl groups is 4. The monoisotopic (exact) mass is 450 g/mol. The Morgan fingerprint density at radius 3 is 2.28 bits per heavy atom. The number of rotatable bonds is 3. The Balaban J connectivity index is 1.75. The summed E-state index contributed by atoms with van der Waals surface area (Å²) < 4.78 is 16.9. The Morgan fingerprint density at radius 2 is 1.59 bits per heavy atom. The SMILES string of the molecule is C[C@H]1O[C@H](O[C@H]2C(=O)c3c(O)cc(O)cc3O[C@H]2c2ccc(O)c(O)c2)[C@@H](O)[C@@H](O)[C@@H]1O. The Bertz CT molecular complexity index is 1040. The van der Waals surface area contributed by atoms with Crippen molar-refractivity contribution in [3.8, 4) is 28.7 Å². The third-order valence-electron chi connectivity index (χ3n) is 5.52. The molecule has 2 heterocycles. The van der Waals surface area contributed by atoms with Crippen molar-refractivity contribution in [2.24, 2.45) is 0 Å². The van der Waals surface area contributed by atoms with Crippen molar-refractivity contribution in [1.29, 1.82) is 0 Å². The number of phenolic OH excluding ortho intramolecular Hbond substituents is 4. The number of aliphatic hydroxyl groups is 3. The van der Waals surface area contributed by atoms with Gasteiger partial charge in [0.25, 0.3) is 0 Å². The zero-order chi connectivity index (χ0) is 23.3. The van der Waals surface area contributed by atoms with E-state index < -0.39 is 65.9 Å². The molecule has 4 rings (SSSR count). The predicted molar refractivity (Wildman–Crippen MR) is 104 cm³/mol. The first kappa shape index (κ1) is 22.1. The lowest BCUT2D eigenvalue weighted by Crippen LogP contribution is -2.59. The van der Waals surface area contributed by atoms with Gasteiger partial charge in [-0.1, -0.05) is 6.07 Å². The van der Waals surface area contributed by atoms with Gasteiger partial charge in [-0.05, 0) is 24.6 Å². The minimum Gasteiger partial charge on any atom is -0.508 e. The zero-order valence-corrected chi connectivity index (χ0v) is 16.7. The van der Waals surface area contributed by atoms with E-state index in [-0.39, 0.29) is 22.6 Å². The van der Waals surface area contributed by atoms with Crippen LogP contribution in [-0.4, -0.2) is 78.3 Å². The Hall–Kier alpha value is -3.09. The van der Waals surface area contributed by atoms with E-state index in [0.717, 1.165) is 18.2 Å². The van der Waals surface area contributed by atoms with Crippen LogP contribution in [0.3, 0.4) is 0 Å². The predicted octanol–water partition coefficient (Wildman–Crippen LogP) is 0.0381. The molecule has 2 aromatic rings. The fourth-order valence-corrected chi connectivity index (χ4v) is 3.77. The second kappa shape index (κ2) is 8.11. The average molecular weight is 450 g/mol. The van der Waals surface area contributed by atoms with Gasteiger partial charge in [-0.3, -0.25) is 4.79 Å². The highest BCUT2D eigenvalue weighted by Crippen LogP contribution is 2.44. The van der Waals surface area contributed by atoms with Crippen LogP contribution in [0.5, 0.6) is 28.7 Å². The van der Waals surface area contributed by atoms with Gasteiger partial charge in [-0.15, -0.1) is 0 Å². The highest BCUT2D eigenvalue weighted by atomic mass is 16.7. The van der Waals surface area contributed by atoms with Gasteiger partial charge >= 0.3 is 0 Å². The van der Waals surface area contributed by atoms with Crippen LogP contribution in [0.25, 0.3) is 0 Å². The smallest absolute Gasteiger partial charge is 0.203 e. The van der Waals surface area contributed by atoms with E-state index in [2.05, 4.69) is 0 Å². The highest BCUT2D eigenvalue weighted by Gasteiger charge is 2.48. The van der Waals surface area contributed by atoms with Crippen molar-refractivity contribution in [3.05, 3.63) is 41.5 Å². The number of hydrogen-bond donors (Lipinski definition) is 7. The van der Waals surface area contributed by atoms with Crippen molar-refractivity contribution in [3.63, 3.8) is 0 Å². The fourth-order valence-electron chi connectivity index (χ4n) is 3.77. The van der Waals surface area contributed by atoms with Crippen LogP contribution in [-0.2, 0) is 9.47 Å². The summed E-state index contributed by atoms with van der Waals surface area (Å²) in [6, 6.07) is 5.72. The lowest BCUT2D eigenvalue weighted by Gasteiger charge is -2.42. The van der Waals surface area contributed by atoms with E-state index in [0.29, 0.717) is 0 Å². The lowest BCUT2D eigenvalue weighted by atomic mass is 9.92. The molecule has 0 saturated carbocycles. The molecule has 2 aliphatic rings. The number of hydrogen-bond acceptors (Lipinski definition) is 11. The van der Waals surface area contributed by atoms with Crippen molar-refractivity contribution >= 4 is 5.78 Å². The molecule has 11 heteroatoms. The number of carbonyl (C=O) groups excluding carboxylic acids is 1. The maximum Gasteiger partial charge on any atom is 0.203 e. The van der Waals surface area contributed by atoms with Gasteiger partial charge in [0.15, 0.2) is 30.0 Å². The maximum absolute atomic E-state index is 13.3. The fraction of sp³-hybridized carbons (Fsp3) is 0.381. The van der Waals surface area contributed by atoms with Crippen LogP contribution in [0.15, 0.2) is 30.3 Å². The van der Waals surface area contributed by atoms with Gasteiger partial charge in [-0.25, -0.2) is 0 Å². The number of ether oxygens (including phenoxy) is 3. The van der Waals surface area contributed by atoms with Crippen molar-refractivity contribution in [2.75, 3.05) is 0 Å². The molecule has 0 bridgehead atoms. The van der Waals surface area contributed by atoms with Crippen LogP contribution in [0.1, 0.15) is 28.9 Å². The van der Waals surface area contributed by atoms with E-state index in [1.54, 1.807) is 0 Å². The number of phenols is 4. The molecule has 0 spiro atoms. The van der Waals surface area contributed by atoms with Crippen molar-refractivity contribution in [1.82, 2.24) is 0 Å². The summed E-state index contributed by atoms with van der Waals surface area (Å²) in [5, 5.41) is 69.7. The second-order valence-electron chi connectivity index (χ2n) is 7.73. The summed E-state index contributed by atoms with van der Waals surface area (Å²) in [5.41, 5.74) is -0.1000. The molecule has 1 saturated heterocycles. The van der Waals surface area contributed by atoms with Crippen LogP contribution in [0.2, 0.25) is 0 Å². The molecule has 2 aliphatic heterocycles. The minimum absolute atomic E-state index is 0.154. The molecular formula is C21H22O11. The summed E-state index contributed by atoms with van der Waals surface area (Å²) in [7, 11) is 0. The van der Waals surface area contributed by atoms with Crippen molar-refractivity contribution < 1.29 is 54.8 Å². The summed E-state index contributed by atoms with van der Waals surface area (Å²) in [6.07, 6.45) is -10.0. The first-order valence-electron chi connectivity index (χ1n) is 9.72. The van der Waals surface area contributed by atoms with E-state index in [9.17, 15) is 40.5 Å². The first-order chi connectivity index (χ1) is 15.1. The average Bonchev–Trinajstić information content (AvgIpc) is 2.73. The quantitative estimate of drug-likeness (QED) is 0.313. The van der Waals surface area contributed by atoms with Crippen LogP contribution < -0.4 is 4.74 Å². The third kappa shape index (κ3) is 3.70. The number of carbonyl (C=O) groups is 1. The summed E-state index contributed by atoms with van der Waals surface area (Å²) in [5.74, 6) is -2.79. The molecule has 0 aliphatic carbocycles. The normalized spacial score (nSPS) is 32.2. The van der Waals surface area contributed by atoms with Crippen LogP contribution >= 0.6 is 0 Å². The Morgan fingerprint density at radius 1 is 0.875 bits per heavy atom. The number of fused-ring (bicyclic) bond motifs is 1. The summed E-state index contributed by atoms with van der Waals surface area (Å²) >= 11 is 0. The highest BCUT2D eigenvalue weighted by molar-refractivity contribution is 6.05. The summed E-state index contributed by atoms with van der Waals surface area (Å²) in [6.45, 7) is 1.44. The van der Waals surface area contributed by atoms with E-state index in [1.807, 2.05) is 0 Å². The van der Waals surface area contributed by atoms with Gasteiger partial charge in [0.05, 0.1) is 6.10 Å².